The second-order valence-electron chi connectivity index (χ2n) is 6.62. The van der Waals surface area contributed by atoms with E-state index in [-0.39, 0.29) is 5.97 Å². The van der Waals surface area contributed by atoms with Crippen LogP contribution in [0.4, 0.5) is 0 Å². The zero-order valence-corrected chi connectivity index (χ0v) is 16.7. The maximum absolute atomic E-state index is 11.0. The van der Waals surface area contributed by atoms with Crippen LogP contribution in [-0.2, 0) is 9.53 Å². The Hall–Kier alpha value is -1.31. The number of esters is 1. The Labute approximate surface area is 156 Å². The van der Waals surface area contributed by atoms with Crippen molar-refractivity contribution in [3.8, 4) is 0 Å². The van der Waals surface area contributed by atoms with Gasteiger partial charge in [0.15, 0.2) is 0 Å². The molecule has 0 aliphatic rings. The molecule has 0 heterocycles. The molecule has 25 heavy (non-hydrogen) atoms. The van der Waals surface area contributed by atoms with Crippen LogP contribution in [0.15, 0.2) is 36.5 Å². The summed E-state index contributed by atoms with van der Waals surface area (Å²) >= 11 is 0. The largest absolute Gasteiger partial charge is 0.469 e. The number of hydrogen-bond acceptors (Lipinski definition) is 2. The van der Waals surface area contributed by atoms with E-state index in [0.717, 1.165) is 25.7 Å². The average Bonchev–Trinajstić information content (AvgIpc) is 2.63. The zero-order valence-electron chi connectivity index (χ0n) is 16.7. The molecule has 0 aromatic carbocycles. The van der Waals surface area contributed by atoms with Crippen molar-refractivity contribution in [2.75, 3.05) is 7.11 Å². The molecule has 0 atom stereocenters. The third-order valence-corrected chi connectivity index (χ3v) is 4.25. The lowest BCUT2D eigenvalue weighted by Gasteiger charge is -1.99. The summed E-state index contributed by atoms with van der Waals surface area (Å²) in [6, 6.07) is 0. The van der Waals surface area contributed by atoms with Gasteiger partial charge in [0.05, 0.1) is 7.11 Å². The Morgan fingerprint density at radius 2 is 1.16 bits per heavy atom. The third kappa shape index (κ3) is 20.6. The number of hydrogen-bond donors (Lipinski definition) is 0. The van der Waals surface area contributed by atoms with E-state index in [1.807, 2.05) is 0 Å². The summed E-state index contributed by atoms with van der Waals surface area (Å²) in [5.41, 5.74) is 0. The van der Waals surface area contributed by atoms with Crippen molar-refractivity contribution >= 4 is 5.97 Å². The fourth-order valence-corrected chi connectivity index (χ4v) is 2.63. The van der Waals surface area contributed by atoms with Crippen molar-refractivity contribution in [3.63, 3.8) is 0 Å². The van der Waals surface area contributed by atoms with Crippen molar-refractivity contribution in [3.05, 3.63) is 36.5 Å². The molecule has 0 fully saturated rings. The van der Waals surface area contributed by atoms with E-state index < -0.39 is 0 Å². The number of carbonyl (C=O) groups excluding carboxylic acids is 1. The molecule has 0 radical (unpaired) electrons. The number of methoxy groups -OCH3 is 1. The molecule has 0 aliphatic carbocycles. The minimum Gasteiger partial charge on any atom is -0.469 e. The lowest BCUT2D eigenvalue weighted by Crippen LogP contribution is -1.98. The first-order chi connectivity index (χ1) is 12.3. The summed E-state index contributed by atoms with van der Waals surface area (Å²) in [5, 5.41) is 0. The van der Waals surface area contributed by atoms with E-state index in [1.165, 1.54) is 64.9 Å². The molecule has 0 spiro atoms. The second-order valence-corrected chi connectivity index (χ2v) is 6.62. The van der Waals surface area contributed by atoms with Crippen molar-refractivity contribution < 1.29 is 9.53 Å². The predicted octanol–water partition coefficient (Wildman–Crippen LogP) is 7.31. The number of allylic oxidation sites excluding steroid dienone is 6. The minimum absolute atomic E-state index is 0.0848. The van der Waals surface area contributed by atoms with Gasteiger partial charge in [-0.1, -0.05) is 81.9 Å². The highest BCUT2D eigenvalue weighted by molar-refractivity contribution is 5.68. The summed E-state index contributed by atoms with van der Waals surface area (Å²) in [6.07, 6.45) is 30.0. The van der Waals surface area contributed by atoms with E-state index in [9.17, 15) is 4.79 Å². The Balaban J connectivity index is 3.29. The molecule has 0 aromatic rings. The molecule has 0 aromatic heterocycles. The standard InChI is InChI=1S/C23H40O2/c1-3-4-5-6-7-8-9-10-11-12-13-14-15-16-17-18-19-20-21-22-23(24)25-2/h8-9,11-12,14-15H,3-7,10,13,16-22H2,1-2H3. The summed E-state index contributed by atoms with van der Waals surface area (Å²) in [6.45, 7) is 2.25. The van der Waals surface area contributed by atoms with Gasteiger partial charge >= 0.3 is 5.97 Å². The first kappa shape index (κ1) is 23.7. The SMILES string of the molecule is CCCCCCC=CCC=CCC=CCCCCCCCC(=O)OC. The van der Waals surface area contributed by atoms with Crippen molar-refractivity contribution in [1.29, 1.82) is 0 Å². The van der Waals surface area contributed by atoms with Gasteiger partial charge in [0.1, 0.15) is 0 Å². The van der Waals surface area contributed by atoms with Gasteiger partial charge in [-0.05, 0) is 44.9 Å². The first-order valence-corrected chi connectivity index (χ1v) is 10.3. The topological polar surface area (TPSA) is 26.3 Å². The first-order valence-electron chi connectivity index (χ1n) is 10.3. The third-order valence-electron chi connectivity index (χ3n) is 4.25. The molecule has 0 amide bonds. The summed E-state index contributed by atoms with van der Waals surface area (Å²) < 4.78 is 4.63. The van der Waals surface area contributed by atoms with Gasteiger partial charge in [0.25, 0.3) is 0 Å². The molecule has 0 saturated heterocycles. The Morgan fingerprint density at radius 3 is 1.72 bits per heavy atom. The molecule has 0 bridgehead atoms. The van der Waals surface area contributed by atoms with Gasteiger partial charge in [0, 0.05) is 6.42 Å². The zero-order chi connectivity index (χ0) is 18.4. The van der Waals surface area contributed by atoms with Gasteiger partial charge in [0.2, 0.25) is 0 Å². The van der Waals surface area contributed by atoms with Gasteiger partial charge < -0.3 is 4.74 Å². The van der Waals surface area contributed by atoms with Crippen molar-refractivity contribution in [1.82, 2.24) is 0 Å². The molecule has 0 aliphatic heterocycles. The second kappa shape index (κ2) is 20.7. The smallest absolute Gasteiger partial charge is 0.305 e. The van der Waals surface area contributed by atoms with Gasteiger partial charge in [-0.15, -0.1) is 0 Å². The summed E-state index contributed by atoms with van der Waals surface area (Å²) in [5.74, 6) is -0.0848. The van der Waals surface area contributed by atoms with Crippen LogP contribution >= 0.6 is 0 Å². The summed E-state index contributed by atoms with van der Waals surface area (Å²) in [7, 11) is 1.45. The molecular formula is C23H40O2. The highest BCUT2D eigenvalue weighted by Crippen LogP contribution is 2.08. The van der Waals surface area contributed by atoms with Crippen LogP contribution in [-0.4, -0.2) is 13.1 Å². The van der Waals surface area contributed by atoms with Crippen LogP contribution in [0.5, 0.6) is 0 Å². The molecule has 2 nitrogen and oxygen atoms in total. The van der Waals surface area contributed by atoms with Crippen LogP contribution in [0.1, 0.15) is 96.8 Å². The number of carbonyl (C=O) groups is 1. The molecule has 0 rings (SSSR count). The molecule has 0 unspecified atom stereocenters. The van der Waals surface area contributed by atoms with E-state index in [1.54, 1.807) is 0 Å². The number of unbranched alkanes of at least 4 members (excludes halogenated alkanes) is 9. The Morgan fingerprint density at radius 1 is 0.680 bits per heavy atom. The average molecular weight is 349 g/mol. The van der Waals surface area contributed by atoms with E-state index in [2.05, 4.69) is 48.1 Å². The monoisotopic (exact) mass is 348 g/mol. The van der Waals surface area contributed by atoms with E-state index >= 15 is 0 Å². The minimum atomic E-state index is -0.0848. The van der Waals surface area contributed by atoms with E-state index in [4.69, 9.17) is 0 Å². The van der Waals surface area contributed by atoms with Crippen molar-refractivity contribution in [2.24, 2.45) is 0 Å². The van der Waals surface area contributed by atoms with Gasteiger partial charge in [-0.2, -0.15) is 0 Å². The quantitative estimate of drug-likeness (QED) is 0.156. The highest BCUT2D eigenvalue weighted by Gasteiger charge is 1.98. The summed E-state index contributed by atoms with van der Waals surface area (Å²) in [4.78, 5) is 11.0. The number of rotatable bonds is 17. The maximum Gasteiger partial charge on any atom is 0.305 e. The van der Waals surface area contributed by atoms with Gasteiger partial charge in [-0.3, -0.25) is 4.79 Å². The molecule has 2 heteroatoms. The predicted molar refractivity (Wildman–Crippen MR) is 110 cm³/mol. The Bertz CT molecular complexity index is 366. The lowest BCUT2D eigenvalue weighted by molar-refractivity contribution is -0.140. The molecule has 0 saturated carbocycles. The lowest BCUT2D eigenvalue weighted by atomic mass is 10.1. The molecular weight excluding hydrogens is 308 g/mol. The number of ether oxygens (including phenoxy) is 1. The van der Waals surface area contributed by atoms with Crippen LogP contribution < -0.4 is 0 Å². The fraction of sp³-hybridized carbons (Fsp3) is 0.696. The van der Waals surface area contributed by atoms with Crippen LogP contribution in [0, 0.1) is 0 Å². The normalized spacial score (nSPS) is 11.9. The van der Waals surface area contributed by atoms with Crippen LogP contribution in [0.25, 0.3) is 0 Å². The van der Waals surface area contributed by atoms with Crippen LogP contribution in [0.2, 0.25) is 0 Å². The molecule has 144 valence electrons. The van der Waals surface area contributed by atoms with Gasteiger partial charge in [-0.25, -0.2) is 0 Å². The fourth-order valence-electron chi connectivity index (χ4n) is 2.63. The highest BCUT2D eigenvalue weighted by atomic mass is 16.5. The Kier molecular flexibility index (Phi) is 19.6. The van der Waals surface area contributed by atoms with E-state index in [0.29, 0.717) is 6.42 Å². The maximum atomic E-state index is 11.0. The van der Waals surface area contributed by atoms with Crippen molar-refractivity contribution in [2.45, 2.75) is 96.8 Å². The van der Waals surface area contributed by atoms with Crippen LogP contribution in [0.3, 0.4) is 0 Å². The molecule has 0 N–H and O–H groups in total.